The summed E-state index contributed by atoms with van der Waals surface area (Å²) in [4.78, 5) is 38.1. The third kappa shape index (κ3) is 2.42. The molecule has 1 unspecified atom stereocenters. The molecule has 0 spiro atoms. The molecule has 2 N–H and O–H groups in total. The third-order valence-electron chi connectivity index (χ3n) is 3.79. The van der Waals surface area contributed by atoms with Gasteiger partial charge in [-0.15, -0.1) is 4.68 Å². The number of rotatable bonds is 4. The van der Waals surface area contributed by atoms with Gasteiger partial charge >= 0.3 is 11.8 Å². The minimum Gasteiger partial charge on any atom is -0.477 e. The van der Waals surface area contributed by atoms with E-state index in [2.05, 4.69) is 10.4 Å². The van der Waals surface area contributed by atoms with Gasteiger partial charge in [-0.05, 0) is 23.9 Å². The zero-order valence-corrected chi connectivity index (χ0v) is 12.0. The van der Waals surface area contributed by atoms with Gasteiger partial charge in [0.2, 0.25) is 0 Å². The highest BCUT2D eigenvalue weighted by atomic mass is 16.4. The van der Waals surface area contributed by atoms with Gasteiger partial charge in [0.1, 0.15) is 11.6 Å². The van der Waals surface area contributed by atoms with Crippen LogP contribution < -0.4 is 5.43 Å². The summed E-state index contributed by atoms with van der Waals surface area (Å²) in [6.45, 7) is 5.58. The van der Waals surface area contributed by atoms with Gasteiger partial charge in [0, 0.05) is 0 Å². The number of pyridine rings is 1. The van der Waals surface area contributed by atoms with Crippen molar-refractivity contribution in [1.82, 2.24) is 10.4 Å². The number of hydrogen-bond donors (Lipinski definition) is 2. The van der Waals surface area contributed by atoms with Crippen molar-refractivity contribution < 1.29 is 24.2 Å². The predicted octanol–water partition coefficient (Wildman–Crippen LogP) is 1.01. The van der Waals surface area contributed by atoms with Crippen LogP contribution in [0.1, 0.15) is 41.5 Å². The summed E-state index contributed by atoms with van der Waals surface area (Å²) in [5, 5.41) is 9.24. The Hall–Kier alpha value is -2.57. The van der Waals surface area contributed by atoms with E-state index in [1.165, 1.54) is 16.9 Å². The number of aromatic nitrogens is 1. The van der Waals surface area contributed by atoms with E-state index in [9.17, 15) is 19.5 Å². The van der Waals surface area contributed by atoms with Gasteiger partial charge < -0.3 is 5.11 Å². The number of aromatic carboxylic acids is 1. The van der Waals surface area contributed by atoms with Gasteiger partial charge in [0.15, 0.2) is 18.0 Å². The van der Waals surface area contributed by atoms with E-state index >= 15 is 0 Å². The lowest BCUT2D eigenvalue weighted by Gasteiger charge is -2.19. The van der Waals surface area contributed by atoms with E-state index in [1.807, 2.05) is 13.8 Å². The topological polar surface area (TPSA) is 99.4 Å². The predicted molar refractivity (Wildman–Crippen MR) is 73.7 cm³/mol. The minimum absolute atomic E-state index is 0.0324. The number of hydrazone groups is 1. The van der Waals surface area contributed by atoms with Gasteiger partial charge in [-0.2, -0.15) is 5.43 Å². The Kier molecular flexibility index (Phi) is 3.59. The van der Waals surface area contributed by atoms with Crippen LogP contribution in [0.5, 0.6) is 0 Å². The first-order valence-corrected chi connectivity index (χ1v) is 6.44. The number of carbonyl (C=O) groups is 3. The first kappa shape index (κ1) is 14.8. The Balaban J connectivity index is 2.56. The highest BCUT2D eigenvalue weighted by Gasteiger charge is 2.45. The van der Waals surface area contributed by atoms with E-state index in [-0.39, 0.29) is 28.8 Å². The molecule has 21 heavy (non-hydrogen) atoms. The molecule has 1 aromatic rings. The fourth-order valence-corrected chi connectivity index (χ4v) is 2.00. The maximum Gasteiger partial charge on any atom is 0.360 e. The third-order valence-corrected chi connectivity index (χ3v) is 3.79. The maximum atomic E-state index is 12.1. The Morgan fingerprint density at radius 1 is 1.52 bits per heavy atom. The van der Waals surface area contributed by atoms with Crippen molar-refractivity contribution in [3.05, 3.63) is 23.4 Å². The molecular formula is C14H16N3O4+. The second kappa shape index (κ2) is 5.08. The fourth-order valence-electron chi connectivity index (χ4n) is 2.00. The lowest BCUT2D eigenvalue weighted by molar-refractivity contribution is -0.486. The van der Waals surface area contributed by atoms with Crippen molar-refractivity contribution in [2.45, 2.75) is 20.8 Å². The number of carboxylic acid groups (broad SMARTS) is 1. The molecule has 1 amide bonds. The van der Waals surface area contributed by atoms with Crippen molar-refractivity contribution >= 4 is 30.2 Å². The van der Waals surface area contributed by atoms with Crippen molar-refractivity contribution in [2.75, 3.05) is 0 Å². The first-order valence-electron chi connectivity index (χ1n) is 6.44. The van der Waals surface area contributed by atoms with Crippen LogP contribution in [0.4, 0.5) is 5.82 Å². The van der Waals surface area contributed by atoms with Crippen LogP contribution in [0, 0.1) is 11.3 Å². The summed E-state index contributed by atoms with van der Waals surface area (Å²) in [5.41, 5.74) is 1.86. The van der Waals surface area contributed by atoms with Crippen LogP contribution in [-0.2, 0) is 4.79 Å². The molecular weight excluding hydrogens is 274 g/mol. The van der Waals surface area contributed by atoms with Gasteiger partial charge in [-0.3, -0.25) is 9.59 Å². The lowest BCUT2D eigenvalue weighted by Crippen LogP contribution is -2.36. The molecule has 0 aliphatic carbocycles. The average Bonchev–Trinajstić information content (AvgIpc) is 2.75. The molecule has 110 valence electrons. The molecule has 0 radical (unpaired) electrons. The maximum absolute atomic E-state index is 12.1. The van der Waals surface area contributed by atoms with Crippen molar-refractivity contribution in [3.8, 4) is 0 Å². The number of nitrogens with zero attached hydrogens (tertiary/aromatic N) is 2. The Morgan fingerprint density at radius 3 is 2.67 bits per heavy atom. The fraction of sp³-hybridized carbons (Fsp3) is 0.357. The molecule has 0 bridgehead atoms. The molecule has 0 saturated carbocycles. The van der Waals surface area contributed by atoms with E-state index in [4.69, 9.17) is 0 Å². The quantitative estimate of drug-likeness (QED) is 0.637. The van der Waals surface area contributed by atoms with Crippen LogP contribution in [0.3, 0.4) is 0 Å². The van der Waals surface area contributed by atoms with Gasteiger partial charge in [-0.1, -0.05) is 13.8 Å². The molecule has 2 rings (SSSR count). The first-order chi connectivity index (χ1) is 9.79. The number of amides is 1. The molecule has 0 fully saturated rings. The number of carboxylic acids is 1. The van der Waals surface area contributed by atoms with Crippen LogP contribution in [0.15, 0.2) is 12.3 Å². The van der Waals surface area contributed by atoms with E-state index < -0.39 is 11.4 Å². The number of hydrogen-bond acceptors (Lipinski definition) is 4. The smallest absolute Gasteiger partial charge is 0.360 e. The van der Waals surface area contributed by atoms with Crippen LogP contribution in [0.2, 0.25) is 0 Å². The number of nitrogens with one attached hydrogen (secondary N) is 1. The summed E-state index contributed by atoms with van der Waals surface area (Å²) in [6, 6.07) is 1.22. The molecule has 7 nitrogen and oxygen atoms in total. The number of aldehydes is 1. The van der Waals surface area contributed by atoms with Crippen molar-refractivity contribution in [1.29, 1.82) is 0 Å². The van der Waals surface area contributed by atoms with Crippen LogP contribution in [-0.4, -0.2) is 39.2 Å². The van der Waals surface area contributed by atoms with Crippen molar-refractivity contribution in [3.63, 3.8) is 0 Å². The van der Waals surface area contributed by atoms with Crippen LogP contribution >= 0.6 is 0 Å². The second-order valence-electron chi connectivity index (χ2n) is 5.44. The van der Waals surface area contributed by atoms with E-state index in [0.29, 0.717) is 6.29 Å². The van der Waals surface area contributed by atoms with Gasteiger partial charge in [0.05, 0.1) is 5.56 Å². The standard InChI is InChI=1S/C14H15N3O4/c1-8(2)14(3)7-17(16-13(14)21)11-10(12(19)20)4-9(6-18)5-15-11/h4-8H,1-3H3,(H-,16,19,20,21)/p+1. The highest BCUT2D eigenvalue weighted by Crippen LogP contribution is 2.30. The van der Waals surface area contributed by atoms with E-state index in [0.717, 1.165) is 0 Å². The summed E-state index contributed by atoms with van der Waals surface area (Å²) in [6.07, 6.45) is 3.41. The monoisotopic (exact) mass is 290 g/mol. The number of carbonyl (C=O) groups excluding carboxylic acids is 2. The molecule has 0 aromatic carbocycles. The lowest BCUT2D eigenvalue weighted by atomic mass is 9.80. The summed E-state index contributed by atoms with van der Waals surface area (Å²) in [7, 11) is 0. The molecule has 1 aliphatic rings. The Morgan fingerprint density at radius 2 is 2.19 bits per heavy atom. The van der Waals surface area contributed by atoms with Gasteiger partial charge in [-0.25, -0.2) is 4.79 Å². The SMILES string of the molecule is CC(C)C1(C)C=[N+](c2ncc(C=O)cc2C(=O)O)NC1=O. The molecule has 2 heterocycles. The number of hydrazine groups is 1. The second-order valence-corrected chi connectivity index (χ2v) is 5.44. The summed E-state index contributed by atoms with van der Waals surface area (Å²) >= 11 is 0. The summed E-state index contributed by atoms with van der Waals surface area (Å²) < 4.78 is 1.31. The summed E-state index contributed by atoms with van der Waals surface area (Å²) in [5.74, 6) is -1.34. The molecule has 0 saturated heterocycles. The molecule has 1 atom stereocenters. The average molecular weight is 290 g/mol. The largest absolute Gasteiger partial charge is 0.477 e. The zero-order valence-electron chi connectivity index (χ0n) is 12.0. The highest BCUT2D eigenvalue weighted by molar-refractivity contribution is 6.00. The van der Waals surface area contributed by atoms with Crippen LogP contribution in [0.25, 0.3) is 0 Å². The molecule has 1 aromatic heterocycles. The normalized spacial score (nSPS) is 21.1. The Labute approximate surface area is 121 Å². The van der Waals surface area contributed by atoms with E-state index in [1.54, 1.807) is 13.1 Å². The van der Waals surface area contributed by atoms with Crippen molar-refractivity contribution in [2.24, 2.45) is 11.3 Å². The minimum atomic E-state index is -1.22. The molecule has 7 heteroatoms. The zero-order chi connectivity index (χ0) is 15.8. The van der Waals surface area contributed by atoms with Gasteiger partial charge in [0.25, 0.3) is 5.91 Å². The Bertz CT molecular complexity index is 666. The molecule has 1 aliphatic heterocycles.